The summed E-state index contributed by atoms with van der Waals surface area (Å²) in [6.45, 7) is 5.18. The molecule has 0 fully saturated rings. The lowest BCUT2D eigenvalue weighted by atomic mass is 9.99. The van der Waals surface area contributed by atoms with Gasteiger partial charge in [-0.1, -0.05) is 48.5 Å². The standard InChI is InChI=1S/C31H26BrN3O3/c1-19-20(2)35(18-21-10-12-22(13-11-21)25-7-3-4-8-26(25)31(37)38)28-15-14-23(16-27(19)28)30(36)33-17-24-6-5-9-29(32)34-24/h3-16H,17-18H2,1-2H3,(H,33,36)(H,37,38). The molecule has 5 rings (SSSR count). The molecule has 7 heteroatoms. The molecule has 2 aromatic heterocycles. The van der Waals surface area contributed by atoms with Crippen LogP contribution in [-0.4, -0.2) is 26.5 Å². The molecule has 0 saturated heterocycles. The molecule has 0 aliphatic heterocycles. The molecule has 190 valence electrons. The zero-order valence-electron chi connectivity index (χ0n) is 21.0. The van der Waals surface area contributed by atoms with E-state index in [2.05, 4.69) is 44.6 Å². The molecule has 3 aromatic carbocycles. The number of nitrogens with zero attached hydrogens (tertiary/aromatic N) is 2. The first-order chi connectivity index (χ1) is 18.3. The number of fused-ring (bicyclic) bond motifs is 1. The second-order valence-electron chi connectivity index (χ2n) is 9.21. The number of aryl methyl sites for hydroxylation is 1. The van der Waals surface area contributed by atoms with Crippen LogP contribution in [0.2, 0.25) is 0 Å². The highest BCUT2D eigenvalue weighted by Gasteiger charge is 2.15. The molecular weight excluding hydrogens is 542 g/mol. The fourth-order valence-electron chi connectivity index (χ4n) is 4.71. The summed E-state index contributed by atoms with van der Waals surface area (Å²) >= 11 is 3.36. The van der Waals surface area contributed by atoms with Crippen molar-refractivity contribution >= 4 is 38.7 Å². The van der Waals surface area contributed by atoms with E-state index in [0.717, 1.165) is 43.6 Å². The zero-order chi connectivity index (χ0) is 26.8. The molecule has 5 aromatic rings. The molecular formula is C31H26BrN3O3. The molecule has 0 atom stereocenters. The third kappa shape index (κ3) is 5.10. The van der Waals surface area contributed by atoms with Gasteiger partial charge in [-0.25, -0.2) is 9.78 Å². The average molecular weight is 568 g/mol. The Labute approximate surface area is 229 Å². The number of carbonyl (C=O) groups excluding carboxylic acids is 1. The first-order valence-corrected chi connectivity index (χ1v) is 13.0. The Morgan fingerprint density at radius 3 is 2.45 bits per heavy atom. The molecule has 6 nitrogen and oxygen atoms in total. The maximum Gasteiger partial charge on any atom is 0.336 e. The number of hydrogen-bond donors (Lipinski definition) is 2. The molecule has 2 heterocycles. The summed E-state index contributed by atoms with van der Waals surface area (Å²) in [6.07, 6.45) is 0. The number of benzene rings is 3. The summed E-state index contributed by atoms with van der Waals surface area (Å²) in [5.74, 6) is -1.08. The van der Waals surface area contributed by atoms with Gasteiger partial charge >= 0.3 is 5.97 Å². The van der Waals surface area contributed by atoms with Gasteiger partial charge in [0.25, 0.3) is 5.91 Å². The number of aromatic nitrogens is 2. The highest BCUT2D eigenvalue weighted by atomic mass is 79.9. The average Bonchev–Trinajstić information content (AvgIpc) is 3.16. The Kier molecular flexibility index (Phi) is 7.11. The fourth-order valence-corrected chi connectivity index (χ4v) is 5.09. The summed E-state index contributed by atoms with van der Waals surface area (Å²) in [5.41, 5.74) is 7.67. The molecule has 0 unspecified atom stereocenters. The Morgan fingerprint density at radius 2 is 1.71 bits per heavy atom. The van der Waals surface area contributed by atoms with Crippen molar-refractivity contribution < 1.29 is 14.7 Å². The molecule has 0 aliphatic rings. The number of rotatable bonds is 7. The van der Waals surface area contributed by atoms with Crippen LogP contribution in [0.5, 0.6) is 0 Å². The molecule has 0 radical (unpaired) electrons. The molecule has 0 saturated carbocycles. The van der Waals surface area contributed by atoms with Crippen LogP contribution in [0.3, 0.4) is 0 Å². The van der Waals surface area contributed by atoms with E-state index in [9.17, 15) is 14.7 Å². The third-order valence-electron chi connectivity index (χ3n) is 6.87. The lowest BCUT2D eigenvalue weighted by Crippen LogP contribution is -2.23. The summed E-state index contributed by atoms with van der Waals surface area (Å²) in [5, 5.41) is 13.5. The molecule has 1 amide bonds. The van der Waals surface area contributed by atoms with Crippen molar-refractivity contribution in [3.05, 3.63) is 123 Å². The summed E-state index contributed by atoms with van der Waals surface area (Å²) in [6, 6.07) is 26.4. The second kappa shape index (κ2) is 10.6. The van der Waals surface area contributed by atoms with Crippen molar-refractivity contribution in [3.63, 3.8) is 0 Å². The number of aromatic carboxylic acids is 1. The lowest BCUT2D eigenvalue weighted by molar-refractivity contribution is 0.0697. The number of nitrogens with one attached hydrogen (secondary N) is 1. The predicted octanol–water partition coefficient (Wildman–Crippen LogP) is 6.76. The predicted molar refractivity (Wildman–Crippen MR) is 152 cm³/mol. The minimum Gasteiger partial charge on any atom is -0.478 e. The van der Waals surface area contributed by atoms with Crippen molar-refractivity contribution in [1.29, 1.82) is 0 Å². The minimum absolute atomic E-state index is 0.143. The van der Waals surface area contributed by atoms with Crippen molar-refractivity contribution in [2.45, 2.75) is 26.9 Å². The van der Waals surface area contributed by atoms with E-state index >= 15 is 0 Å². The monoisotopic (exact) mass is 567 g/mol. The van der Waals surface area contributed by atoms with Crippen LogP contribution in [0.4, 0.5) is 0 Å². The van der Waals surface area contributed by atoms with Crippen LogP contribution in [-0.2, 0) is 13.1 Å². The Bertz CT molecular complexity index is 1670. The lowest BCUT2D eigenvalue weighted by Gasteiger charge is -2.11. The number of carbonyl (C=O) groups is 2. The van der Waals surface area contributed by atoms with Crippen LogP contribution in [0.25, 0.3) is 22.0 Å². The maximum absolute atomic E-state index is 12.9. The van der Waals surface area contributed by atoms with Crippen LogP contribution < -0.4 is 5.32 Å². The summed E-state index contributed by atoms with van der Waals surface area (Å²) in [4.78, 5) is 28.8. The third-order valence-corrected chi connectivity index (χ3v) is 7.31. The number of carboxylic acids is 1. The van der Waals surface area contributed by atoms with Gasteiger partial charge in [-0.05, 0) is 88.4 Å². The Balaban J connectivity index is 1.37. The number of amides is 1. The van der Waals surface area contributed by atoms with Gasteiger partial charge in [0.15, 0.2) is 0 Å². The van der Waals surface area contributed by atoms with Crippen molar-refractivity contribution in [2.75, 3.05) is 0 Å². The van der Waals surface area contributed by atoms with E-state index in [4.69, 9.17) is 0 Å². The van der Waals surface area contributed by atoms with Gasteiger partial charge in [0.2, 0.25) is 0 Å². The zero-order valence-corrected chi connectivity index (χ0v) is 22.6. The van der Waals surface area contributed by atoms with Gasteiger partial charge in [-0.2, -0.15) is 0 Å². The van der Waals surface area contributed by atoms with Gasteiger partial charge in [-0.15, -0.1) is 0 Å². The van der Waals surface area contributed by atoms with E-state index in [1.165, 1.54) is 0 Å². The van der Waals surface area contributed by atoms with E-state index in [0.29, 0.717) is 24.2 Å². The molecule has 0 bridgehead atoms. The smallest absolute Gasteiger partial charge is 0.336 e. The Morgan fingerprint density at radius 1 is 0.947 bits per heavy atom. The molecule has 0 aliphatic carbocycles. The van der Waals surface area contributed by atoms with Crippen LogP contribution >= 0.6 is 15.9 Å². The fraction of sp³-hybridized carbons (Fsp3) is 0.129. The highest BCUT2D eigenvalue weighted by molar-refractivity contribution is 9.10. The molecule has 2 N–H and O–H groups in total. The van der Waals surface area contributed by atoms with Gasteiger partial charge in [0.1, 0.15) is 4.60 Å². The molecule has 38 heavy (non-hydrogen) atoms. The summed E-state index contributed by atoms with van der Waals surface area (Å²) < 4.78 is 2.98. The van der Waals surface area contributed by atoms with E-state index in [1.54, 1.807) is 12.1 Å². The van der Waals surface area contributed by atoms with Crippen LogP contribution in [0, 0.1) is 13.8 Å². The van der Waals surface area contributed by atoms with Crippen LogP contribution in [0.15, 0.2) is 89.5 Å². The number of carboxylic acid groups (broad SMARTS) is 1. The summed E-state index contributed by atoms with van der Waals surface area (Å²) in [7, 11) is 0. The van der Waals surface area contributed by atoms with Gasteiger partial charge in [0, 0.05) is 28.7 Å². The van der Waals surface area contributed by atoms with E-state index in [-0.39, 0.29) is 11.5 Å². The topological polar surface area (TPSA) is 84.2 Å². The largest absolute Gasteiger partial charge is 0.478 e. The normalized spacial score (nSPS) is 11.0. The molecule has 0 spiro atoms. The maximum atomic E-state index is 12.9. The SMILES string of the molecule is Cc1c(C)n(Cc2ccc(-c3ccccc3C(=O)O)cc2)c2ccc(C(=O)NCc3cccc(Br)n3)cc12. The van der Waals surface area contributed by atoms with Gasteiger partial charge < -0.3 is 15.0 Å². The number of halogens is 1. The van der Waals surface area contributed by atoms with Crippen molar-refractivity contribution in [1.82, 2.24) is 14.9 Å². The van der Waals surface area contributed by atoms with Gasteiger partial charge in [0.05, 0.1) is 17.8 Å². The highest BCUT2D eigenvalue weighted by Crippen LogP contribution is 2.29. The number of pyridine rings is 1. The van der Waals surface area contributed by atoms with E-state index < -0.39 is 5.97 Å². The van der Waals surface area contributed by atoms with Gasteiger partial charge in [-0.3, -0.25) is 4.79 Å². The van der Waals surface area contributed by atoms with Crippen LogP contribution in [0.1, 0.15) is 43.2 Å². The Hall–Kier alpha value is -4.23. The minimum atomic E-state index is -0.938. The number of hydrogen-bond acceptors (Lipinski definition) is 3. The van der Waals surface area contributed by atoms with Crippen molar-refractivity contribution in [2.24, 2.45) is 0 Å². The first kappa shape index (κ1) is 25.4. The quantitative estimate of drug-likeness (QED) is 0.213. The second-order valence-corrected chi connectivity index (χ2v) is 10.0. The van der Waals surface area contributed by atoms with Crippen molar-refractivity contribution in [3.8, 4) is 11.1 Å². The van der Waals surface area contributed by atoms with E-state index in [1.807, 2.05) is 72.8 Å². The first-order valence-electron chi connectivity index (χ1n) is 12.2.